The Hall–Kier alpha value is -1.51. The summed E-state index contributed by atoms with van der Waals surface area (Å²) in [5.74, 6) is 0. The lowest BCUT2D eigenvalue weighted by Crippen LogP contribution is -2.15. The van der Waals surface area contributed by atoms with Crippen molar-refractivity contribution in [1.29, 1.82) is 0 Å². The molecule has 5 nitrogen and oxygen atoms in total. The molecule has 0 aliphatic carbocycles. The van der Waals surface area contributed by atoms with Gasteiger partial charge in [-0.3, -0.25) is 4.72 Å². The van der Waals surface area contributed by atoms with Gasteiger partial charge in [0.15, 0.2) is 5.13 Å². The highest BCUT2D eigenvalue weighted by Gasteiger charge is 2.16. The number of aromatic nitrogens is 1. The van der Waals surface area contributed by atoms with Crippen LogP contribution in [0, 0.1) is 6.92 Å². The summed E-state index contributed by atoms with van der Waals surface area (Å²) in [7, 11) is -3.63. The second-order valence-corrected chi connectivity index (χ2v) is 6.80. The molecule has 100 valence electrons. The Morgan fingerprint density at radius 3 is 2.74 bits per heavy atom. The zero-order valence-corrected chi connectivity index (χ0v) is 12.4. The minimum atomic E-state index is -3.63. The van der Waals surface area contributed by atoms with Crippen LogP contribution in [0.1, 0.15) is 11.1 Å². The minimum absolute atomic E-state index is 0.153. The average Bonchev–Trinajstić information content (AvgIpc) is 2.80. The second-order valence-electron chi connectivity index (χ2n) is 3.78. The third-order valence-electron chi connectivity index (χ3n) is 2.43. The number of sulfonamides is 1. The average molecular weight is 313 g/mol. The summed E-state index contributed by atoms with van der Waals surface area (Å²) in [6.07, 6.45) is 1.53. The van der Waals surface area contributed by atoms with Gasteiger partial charge in [0.05, 0.1) is 4.90 Å². The van der Waals surface area contributed by atoms with Gasteiger partial charge in [-0.15, -0.1) is 11.3 Å². The van der Waals surface area contributed by atoms with Gasteiger partial charge in [-0.05, 0) is 24.6 Å². The molecular weight excluding hydrogens is 302 g/mol. The fourth-order valence-electron chi connectivity index (χ4n) is 1.53. The number of thiazole rings is 1. The van der Waals surface area contributed by atoms with Gasteiger partial charge in [0.1, 0.15) is 4.99 Å². The molecule has 8 heteroatoms. The number of nitrogens with two attached hydrogens (primary N) is 1. The van der Waals surface area contributed by atoms with E-state index in [2.05, 4.69) is 9.71 Å². The standard InChI is InChI=1S/C11H11N3O2S3/c1-7-6-8(2-3-9(7)10(12)17)19(15,16)14-11-13-4-5-18-11/h2-6H,1H3,(H2,12,17)(H,13,14). The molecule has 0 amide bonds. The van der Waals surface area contributed by atoms with Gasteiger partial charge in [0, 0.05) is 17.1 Å². The molecule has 19 heavy (non-hydrogen) atoms. The third kappa shape index (κ3) is 3.09. The van der Waals surface area contributed by atoms with E-state index in [1.165, 1.54) is 29.7 Å². The summed E-state index contributed by atoms with van der Waals surface area (Å²) < 4.78 is 26.7. The van der Waals surface area contributed by atoms with Gasteiger partial charge in [-0.25, -0.2) is 13.4 Å². The maximum atomic E-state index is 12.1. The van der Waals surface area contributed by atoms with E-state index in [0.29, 0.717) is 10.7 Å². The van der Waals surface area contributed by atoms with Gasteiger partial charge < -0.3 is 5.73 Å². The number of nitrogens with zero attached hydrogens (tertiary/aromatic N) is 1. The first-order valence-corrected chi connectivity index (χ1v) is 8.00. The fraction of sp³-hybridized carbons (Fsp3) is 0.0909. The molecule has 1 aromatic carbocycles. The Kier molecular flexibility index (Phi) is 3.83. The molecule has 0 unspecified atom stereocenters. The van der Waals surface area contributed by atoms with Crippen LogP contribution >= 0.6 is 23.6 Å². The third-order valence-corrected chi connectivity index (χ3v) is 4.80. The summed E-state index contributed by atoms with van der Waals surface area (Å²) >= 11 is 6.10. The van der Waals surface area contributed by atoms with E-state index in [-0.39, 0.29) is 9.88 Å². The maximum absolute atomic E-state index is 12.1. The van der Waals surface area contributed by atoms with Gasteiger partial charge in [-0.1, -0.05) is 18.3 Å². The van der Waals surface area contributed by atoms with Gasteiger partial charge in [-0.2, -0.15) is 0 Å². The van der Waals surface area contributed by atoms with E-state index in [1.807, 2.05) is 0 Å². The van der Waals surface area contributed by atoms with Crippen molar-refractivity contribution in [3.63, 3.8) is 0 Å². The molecule has 0 bridgehead atoms. The SMILES string of the molecule is Cc1cc(S(=O)(=O)Nc2nccs2)ccc1C(N)=S. The first kappa shape index (κ1) is 13.9. The van der Waals surface area contributed by atoms with Crippen molar-refractivity contribution in [3.05, 3.63) is 40.9 Å². The molecule has 3 N–H and O–H groups in total. The number of rotatable bonds is 4. The maximum Gasteiger partial charge on any atom is 0.263 e. The molecule has 0 radical (unpaired) electrons. The quantitative estimate of drug-likeness (QED) is 0.842. The van der Waals surface area contributed by atoms with Gasteiger partial charge in [0.2, 0.25) is 0 Å². The number of hydrogen-bond acceptors (Lipinski definition) is 5. The molecular formula is C11H11N3O2S3. The second kappa shape index (κ2) is 5.24. The van der Waals surface area contributed by atoms with E-state index in [0.717, 1.165) is 5.56 Å². The van der Waals surface area contributed by atoms with Crippen LogP contribution in [0.15, 0.2) is 34.7 Å². The van der Waals surface area contributed by atoms with Crippen molar-refractivity contribution >= 4 is 43.7 Å². The molecule has 2 rings (SSSR count). The van der Waals surface area contributed by atoms with E-state index in [4.69, 9.17) is 18.0 Å². The lowest BCUT2D eigenvalue weighted by Gasteiger charge is -2.08. The Balaban J connectivity index is 2.36. The van der Waals surface area contributed by atoms with Crippen molar-refractivity contribution in [2.45, 2.75) is 11.8 Å². The van der Waals surface area contributed by atoms with Crippen molar-refractivity contribution < 1.29 is 8.42 Å². The zero-order valence-electron chi connectivity index (χ0n) is 9.95. The number of thiocarbonyl (C=S) groups is 1. The van der Waals surface area contributed by atoms with Crippen LogP contribution in [0.3, 0.4) is 0 Å². The molecule has 0 atom stereocenters. The van der Waals surface area contributed by atoms with Crippen LogP contribution in [-0.4, -0.2) is 18.4 Å². The number of hydrogen-bond donors (Lipinski definition) is 2. The highest BCUT2D eigenvalue weighted by molar-refractivity contribution is 7.93. The minimum Gasteiger partial charge on any atom is -0.389 e. The van der Waals surface area contributed by atoms with E-state index in [1.54, 1.807) is 18.4 Å². The van der Waals surface area contributed by atoms with Gasteiger partial charge >= 0.3 is 0 Å². The summed E-state index contributed by atoms with van der Waals surface area (Å²) in [6.45, 7) is 1.76. The number of aryl methyl sites for hydroxylation is 1. The largest absolute Gasteiger partial charge is 0.389 e. The van der Waals surface area contributed by atoms with E-state index < -0.39 is 10.0 Å². The molecule has 0 saturated carbocycles. The fourth-order valence-corrected chi connectivity index (χ4v) is 3.63. The van der Waals surface area contributed by atoms with Crippen LogP contribution in [0.4, 0.5) is 5.13 Å². The molecule has 0 fully saturated rings. The topological polar surface area (TPSA) is 85.1 Å². The molecule has 0 saturated heterocycles. The van der Waals surface area contributed by atoms with Gasteiger partial charge in [0.25, 0.3) is 10.0 Å². The van der Waals surface area contributed by atoms with Crippen LogP contribution in [-0.2, 0) is 10.0 Å². The molecule has 1 heterocycles. The highest BCUT2D eigenvalue weighted by Crippen LogP contribution is 2.20. The zero-order chi connectivity index (χ0) is 14.0. The molecule has 0 aliphatic heterocycles. The van der Waals surface area contributed by atoms with E-state index >= 15 is 0 Å². The molecule has 0 spiro atoms. The van der Waals surface area contributed by atoms with Crippen LogP contribution < -0.4 is 10.5 Å². The van der Waals surface area contributed by atoms with E-state index in [9.17, 15) is 8.42 Å². The molecule has 0 aliphatic rings. The van der Waals surface area contributed by atoms with Crippen LogP contribution in [0.25, 0.3) is 0 Å². The smallest absolute Gasteiger partial charge is 0.263 e. The van der Waals surface area contributed by atoms with Crippen molar-refractivity contribution in [2.24, 2.45) is 5.73 Å². The Bertz CT molecular complexity index is 709. The highest BCUT2D eigenvalue weighted by atomic mass is 32.2. The number of nitrogens with one attached hydrogen (secondary N) is 1. The Morgan fingerprint density at radius 1 is 1.47 bits per heavy atom. The van der Waals surface area contributed by atoms with Crippen LogP contribution in [0.2, 0.25) is 0 Å². The lowest BCUT2D eigenvalue weighted by atomic mass is 10.1. The summed E-state index contributed by atoms with van der Waals surface area (Å²) in [5, 5.41) is 2.02. The summed E-state index contributed by atoms with van der Waals surface area (Å²) in [4.78, 5) is 4.28. The lowest BCUT2D eigenvalue weighted by molar-refractivity contribution is 0.601. The predicted molar refractivity (Wildman–Crippen MR) is 80.0 cm³/mol. The number of benzene rings is 1. The van der Waals surface area contributed by atoms with Crippen molar-refractivity contribution in [2.75, 3.05) is 4.72 Å². The molecule has 1 aromatic heterocycles. The van der Waals surface area contributed by atoms with Crippen molar-refractivity contribution in [1.82, 2.24) is 4.98 Å². The summed E-state index contributed by atoms with van der Waals surface area (Å²) in [6, 6.07) is 4.61. The monoisotopic (exact) mass is 313 g/mol. The summed E-state index contributed by atoms with van der Waals surface area (Å²) in [5.41, 5.74) is 6.93. The molecule has 2 aromatic rings. The normalized spacial score (nSPS) is 11.2. The predicted octanol–water partition coefficient (Wildman–Crippen LogP) is 1.89. The number of anilines is 1. The Morgan fingerprint density at radius 2 is 2.21 bits per heavy atom. The van der Waals surface area contributed by atoms with Crippen molar-refractivity contribution in [3.8, 4) is 0 Å². The Labute approximate surface area is 120 Å². The van der Waals surface area contributed by atoms with Crippen LogP contribution in [0.5, 0.6) is 0 Å². The first-order valence-electron chi connectivity index (χ1n) is 5.23. The first-order chi connectivity index (χ1) is 8.90.